The van der Waals surface area contributed by atoms with Crippen molar-refractivity contribution in [1.82, 2.24) is 20.4 Å². The van der Waals surface area contributed by atoms with Crippen LogP contribution in [0.2, 0.25) is 0 Å². The second-order valence-corrected chi connectivity index (χ2v) is 7.70. The molecule has 2 aliphatic rings. The van der Waals surface area contributed by atoms with Crippen LogP contribution in [0.4, 0.5) is 0 Å². The molecule has 136 valence electrons. The van der Waals surface area contributed by atoms with Crippen molar-refractivity contribution in [1.29, 1.82) is 0 Å². The molecule has 1 spiro atoms. The van der Waals surface area contributed by atoms with E-state index in [1.165, 1.54) is 0 Å². The van der Waals surface area contributed by atoms with E-state index < -0.39 is 0 Å². The van der Waals surface area contributed by atoms with E-state index in [2.05, 4.69) is 42.9 Å². The van der Waals surface area contributed by atoms with Crippen molar-refractivity contribution in [2.24, 2.45) is 5.92 Å². The minimum absolute atomic E-state index is 0.0679. The van der Waals surface area contributed by atoms with Crippen molar-refractivity contribution < 1.29 is 4.79 Å². The van der Waals surface area contributed by atoms with E-state index in [9.17, 15) is 4.79 Å². The average Bonchev–Trinajstić information content (AvgIpc) is 2.78. The number of piperidine rings is 1. The zero-order valence-corrected chi connectivity index (χ0v) is 16.1. The molecule has 0 radical (unpaired) electrons. The van der Waals surface area contributed by atoms with Gasteiger partial charge in [0.05, 0.1) is 11.7 Å². The van der Waals surface area contributed by atoms with Gasteiger partial charge in [-0.25, -0.2) is 0 Å². The van der Waals surface area contributed by atoms with E-state index in [1.807, 2.05) is 11.0 Å². The smallest absolute Gasteiger partial charge is 0.241 e. The molecule has 0 aromatic heterocycles. The average molecular weight is 353 g/mol. The number of hydrogen-bond acceptors (Lipinski definition) is 3. The summed E-state index contributed by atoms with van der Waals surface area (Å²) in [7, 11) is 0. The second-order valence-electron chi connectivity index (χ2n) is 7.31. The molecule has 1 amide bonds. The van der Waals surface area contributed by atoms with Gasteiger partial charge in [-0.3, -0.25) is 10.1 Å². The third-order valence-corrected chi connectivity index (χ3v) is 5.35. The lowest BCUT2D eigenvalue weighted by atomic mass is 9.96. The highest BCUT2D eigenvalue weighted by atomic mass is 32.1. The molecule has 2 fully saturated rings. The maximum Gasteiger partial charge on any atom is 0.241 e. The van der Waals surface area contributed by atoms with Crippen molar-refractivity contribution >= 4 is 23.2 Å². The standard InChI is InChI=1S/C18H32N4OS/c1-5-9-19-17(24)21-11-7-18(8-12-21)20-15(13-14(3)4)16(23)22(18)10-6-2/h6,14-15,20H,2,5,7-13H2,1,3-4H3,(H,19,24)/t15-/m0/s1. The van der Waals surface area contributed by atoms with Crippen molar-refractivity contribution in [3.63, 3.8) is 0 Å². The van der Waals surface area contributed by atoms with Crippen LogP contribution in [0, 0.1) is 5.92 Å². The molecule has 0 aliphatic carbocycles. The normalized spacial score (nSPS) is 23.2. The first kappa shape index (κ1) is 19.2. The molecule has 24 heavy (non-hydrogen) atoms. The Morgan fingerprint density at radius 1 is 1.50 bits per heavy atom. The van der Waals surface area contributed by atoms with E-state index in [-0.39, 0.29) is 17.6 Å². The first-order valence-corrected chi connectivity index (χ1v) is 9.57. The number of nitrogens with one attached hydrogen (secondary N) is 2. The zero-order chi connectivity index (χ0) is 17.7. The highest BCUT2D eigenvalue weighted by molar-refractivity contribution is 7.80. The molecule has 2 aliphatic heterocycles. The summed E-state index contributed by atoms with van der Waals surface area (Å²) in [5, 5.41) is 7.80. The molecule has 1 atom stereocenters. The fourth-order valence-electron chi connectivity index (χ4n) is 3.73. The molecular formula is C18H32N4OS. The topological polar surface area (TPSA) is 47.6 Å². The minimum Gasteiger partial charge on any atom is -0.363 e. The molecule has 2 saturated heterocycles. The largest absolute Gasteiger partial charge is 0.363 e. The fourth-order valence-corrected chi connectivity index (χ4v) is 4.01. The van der Waals surface area contributed by atoms with Gasteiger partial charge >= 0.3 is 0 Å². The number of carbonyl (C=O) groups is 1. The lowest BCUT2D eigenvalue weighted by Gasteiger charge is -2.45. The van der Waals surface area contributed by atoms with Gasteiger partial charge in [-0.2, -0.15) is 0 Å². The molecule has 0 bridgehead atoms. The third kappa shape index (κ3) is 4.09. The van der Waals surface area contributed by atoms with Crippen LogP contribution in [-0.2, 0) is 4.79 Å². The van der Waals surface area contributed by atoms with Crippen molar-refractivity contribution in [3.05, 3.63) is 12.7 Å². The molecule has 6 heteroatoms. The van der Waals surface area contributed by atoms with Gasteiger partial charge in [0.25, 0.3) is 0 Å². The number of carbonyl (C=O) groups excluding carboxylic acids is 1. The monoisotopic (exact) mass is 352 g/mol. The molecule has 2 N–H and O–H groups in total. The third-order valence-electron chi connectivity index (χ3n) is 4.95. The Balaban J connectivity index is 2.04. The summed E-state index contributed by atoms with van der Waals surface area (Å²) in [5.74, 6) is 0.724. The Hall–Kier alpha value is -1.14. The van der Waals surface area contributed by atoms with Gasteiger partial charge in [0.15, 0.2) is 5.11 Å². The van der Waals surface area contributed by atoms with Gasteiger partial charge in [-0.15, -0.1) is 6.58 Å². The highest BCUT2D eigenvalue weighted by Crippen LogP contribution is 2.33. The highest BCUT2D eigenvalue weighted by Gasteiger charge is 2.50. The summed E-state index contributed by atoms with van der Waals surface area (Å²) >= 11 is 5.48. The maximum absolute atomic E-state index is 12.8. The Kier molecular flexibility index (Phi) is 6.63. The van der Waals surface area contributed by atoms with Gasteiger partial charge in [0.2, 0.25) is 5.91 Å². The Labute approximate surface area is 151 Å². The van der Waals surface area contributed by atoms with Crippen LogP contribution < -0.4 is 10.6 Å². The zero-order valence-electron chi connectivity index (χ0n) is 15.3. The molecule has 2 rings (SSSR count). The summed E-state index contributed by atoms with van der Waals surface area (Å²) in [6, 6.07) is -0.0679. The van der Waals surface area contributed by atoms with Crippen LogP contribution in [0.25, 0.3) is 0 Å². The predicted octanol–water partition coefficient (Wildman–Crippen LogP) is 2.10. The quantitative estimate of drug-likeness (QED) is 0.566. The van der Waals surface area contributed by atoms with Gasteiger partial charge in [-0.05, 0) is 31.0 Å². The number of hydrogen-bond donors (Lipinski definition) is 2. The van der Waals surface area contributed by atoms with E-state index in [0.717, 1.165) is 50.4 Å². The van der Waals surface area contributed by atoms with E-state index in [1.54, 1.807) is 0 Å². The lowest BCUT2D eigenvalue weighted by Crippen LogP contribution is -2.60. The summed E-state index contributed by atoms with van der Waals surface area (Å²) in [5.41, 5.74) is -0.234. The number of rotatable bonds is 6. The Morgan fingerprint density at radius 3 is 2.71 bits per heavy atom. The van der Waals surface area contributed by atoms with Crippen LogP contribution in [0.15, 0.2) is 12.7 Å². The van der Waals surface area contributed by atoms with Crippen LogP contribution >= 0.6 is 12.2 Å². The van der Waals surface area contributed by atoms with Gasteiger partial charge in [-0.1, -0.05) is 26.8 Å². The Morgan fingerprint density at radius 2 is 2.17 bits per heavy atom. The molecule has 5 nitrogen and oxygen atoms in total. The van der Waals surface area contributed by atoms with E-state index in [0.29, 0.717) is 12.5 Å². The van der Waals surface area contributed by atoms with Crippen molar-refractivity contribution in [2.75, 3.05) is 26.2 Å². The number of thiocarbonyl (C=S) groups is 1. The second kappa shape index (κ2) is 8.30. The van der Waals surface area contributed by atoms with Gasteiger partial charge < -0.3 is 15.1 Å². The summed E-state index contributed by atoms with van der Waals surface area (Å²) in [6.45, 7) is 13.6. The summed E-state index contributed by atoms with van der Waals surface area (Å²) < 4.78 is 0. The maximum atomic E-state index is 12.8. The SMILES string of the molecule is C=CCN1C(=O)[C@H](CC(C)C)NC12CCN(C(=S)NCCC)CC2. The summed E-state index contributed by atoms with van der Waals surface area (Å²) in [4.78, 5) is 17.1. The Bertz CT molecular complexity index is 472. The predicted molar refractivity (Wildman–Crippen MR) is 103 cm³/mol. The number of nitrogens with zero attached hydrogens (tertiary/aromatic N) is 2. The van der Waals surface area contributed by atoms with Crippen molar-refractivity contribution in [3.8, 4) is 0 Å². The molecule has 0 aromatic carbocycles. The first-order valence-electron chi connectivity index (χ1n) is 9.16. The number of amides is 1. The van der Waals surface area contributed by atoms with E-state index in [4.69, 9.17) is 12.2 Å². The molecule has 2 heterocycles. The van der Waals surface area contributed by atoms with Crippen LogP contribution in [0.1, 0.15) is 46.5 Å². The number of likely N-dealkylation sites (tertiary alicyclic amines) is 1. The molecule has 0 unspecified atom stereocenters. The fraction of sp³-hybridized carbons (Fsp3) is 0.778. The van der Waals surface area contributed by atoms with Gasteiger partial charge in [0, 0.05) is 39.0 Å². The molecular weight excluding hydrogens is 320 g/mol. The molecule has 0 aromatic rings. The van der Waals surface area contributed by atoms with Gasteiger partial charge in [0.1, 0.15) is 0 Å². The van der Waals surface area contributed by atoms with Crippen molar-refractivity contribution in [2.45, 2.75) is 58.2 Å². The lowest BCUT2D eigenvalue weighted by molar-refractivity contribution is -0.132. The van der Waals surface area contributed by atoms with Crippen LogP contribution in [0.5, 0.6) is 0 Å². The first-order chi connectivity index (χ1) is 11.4. The van der Waals surface area contributed by atoms with Crippen LogP contribution in [0.3, 0.4) is 0 Å². The molecule has 0 saturated carbocycles. The van der Waals surface area contributed by atoms with E-state index >= 15 is 0 Å². The minimum atomic E-state index is -0.234. The summed E-state index contributed by atoms with van der Waals surface area (Å²) in [6.07, 6.45) is 5.58. The van der Waals surface area contributed by atoms with Crippen LogP contribution in [-0.4, -0.2) is 58.7 Å².